The maximum atomic E-state index is 4.76. The Bertz CT molecular complexity index is 2390. The van der Waals surface area contributed by atoms with E-state index in [0.29, 0.717) is 0 Å². The van der Waals surface area contributed by atoms with Crippen LogP contribution in [0.4, 0.5) is 0 Å². The van der Waals surface area contributed by atoms with Crippen molar-refractivity contribution in [2.75, 3.05) is 0 Å². The predicted octanol–water partition coefficient (Wildman–Crippen LogP) is 10.7. The molecule has 0 aliphatic carbocycles. The summed E-state index contributed by atoms with van der Waals surface area (Å²) in [6.45, 7) is 0. The summed E-state index contributed by atoms with van der Waals surface area (Å²) in [5.74, 6) is 0. The number of benzene rings is 10. The van der Waals surface area contributed by atoms with Crippen LogP contribution in [0, 0.1) is 0 Å². The summed E-state index contributed by atoms with van der Waals surface area (Å²) in [5.41, 5.74) is 0. The van der Waals surface area contributed by atoms with Crippen molar-refractivity contribution in [2.24, 2.45) is 0 Å². The Kier molecular flexibility index (Phi) is 18.8. The third-order valence-corrected chi connectivity index (χ3v) is 23.1. The zero-order chi connectivity index (χ0) is 45.9. The Hall–Kier alpha value is -4.98. The Morgan fingerprint density at radius 2 is 0.284 bits per heavy atom. The molecule has 0 amide bonds. The van der Waals surface area contributed by atoms with Crippen LogP contribution in [0.2, 0.25) is 0 Å². The Morgan fingerprint density at radius 1 is 0.179 bits per heavy atom. The number of hydrogen-bond donors (Lipinski definition) is 0. The van der Waals surface area contributed by atoms with Crippen molar-refractivity contribution in [1.29, 1.82) is 0 Å². The second-order valence-electron chi connectivity index (χ2n) is 15.6. The summed E-state index contributed by atoms with van der Waals surface area (Å²) in [6.07, 6.45) is 0. The Balaban J connectivity index is 0.000000172. The van der Waals surface area contributed by atoms with Crippen LogP contribution in [-0.4, -0.2) is 0 Å². The van der Waals surface area contributed by atoms with Gasteiger partial charge < -0.3 is 0 Å². The molecule has 0 radical (unpaired) electrons. The van der Waals surface area contributed by atoms with E-state index in [-0.39, 0.29) is 13.1 Å². The van der Waals surface area contributed by atoms with Crippen molar-refractivity contribution in [2.45, 2.75) is 0 Å². The summed E-state index contributed by atoms with van der Waals surface area (Å²) >= 11 is 0.194. The molecule has 67 heavy (non-hydrogen) atoms. The fourth-order valence-corrected chi connectivity index (χ4v) is 20.6. The average Bonchev–Trinajstić information content (AvgIpc) is 3.41. The van der Waals surface area contributed by atoms with Crippen LogP contribution in [-0.2, 0) is 13.1 Å². The molecule has 0 aliphatic heterocycles. The van der Waals surface area contributed by atoms with E-state index in [2.05, 4.69) is 291 Å². The first kappa shape index (κ1) is 48.5. The quantitative estimate of drug-likeness (QED) is 0.0845. The molecular formula is C60H52Cl2FeP4+4. The topological polar surface area (TPSA) is 0 Å². The summed E-state index contributed by atoms with van der Waals surface area (Å²) in [4.78, 5) is 0. The first-order valence-corrected chi connectivity index (χ1v) is 31.2. The van der Waals surface area contributed by atoms with Gasteiger partial charge in [0.2, 0.25) is 0 Å². The molecule has 330 valence electrons. The van der Waals surface area contributed by atoms with Crippen molar-refractivity contribution < 1.29 is 13.1 Å². The molecule has 0 fully saturated rings. The van der Waals surface area contributed by atoms with Crippen molar-refractivity contribution in [1.82, 2.24) is 0 Å². The molecule has 0 heterocycles. The largest absolute Gasteiger partial charge is 0.144 e. The second-order valence-corrected chi connectivity index (χ2v) is 27.2. The van der Waals surface area contributed by atoms with Crippen LogP contribution in [0.3, 0.4) is 0 Å². The van der Waals surface area contributed by atoms with Crippen LogP contribution >= 0.6 is 51.9 Å². The molecule has 0 saturated heterocycles. The van der Waals surface area contributed by atoms with Gasteiger partial charge in [-0.1, -0.05) is 170 Å². The normalized spacial score (nSPS) is 10.9. The summed E-state index contributed by atoms with van der Waals surface area (Å²) in [7, 11) is 4.97. The third-order valence-electron chi connectivity index (χ3n) is 11.4. The second kappa shape index (κ2) is 26.0. The van der Waals surface area contributed by atoms with Gasteiger partial charge in [-0.3, -0.25) is 0 Å². The first-order valence-electron chi connectivity index (χ1n) is 22.2. The molecule has 0 N–H and O–H groups in total. The molecule has 0 bridgehead atoms. The smallest absolute Gasteiger partial charge is 0.0620 e. The minimum atomic E-state index is -1.14. The first-order chi connectivity index (χ1) is 33.2. The molecule has 10 aromatic carbocycles. The SMILES string of the molecule is [Cl][Fe][Cl].c1ccc([PH+](c2ccccc2)c2ccccc2[PH+](c2ccccc2)c2ccccc2)cc1.c1ccc([PH+](c2ccccc2)c2ccccc2[PH+](c2ccccc2)c2ccccc2)cc1. The zero-order valence-electron chi connectivity index (χ0n) is 36.8. The molecule has 10 aromatic rings. The van der Waals surface area contributed by atoms with Crippen LogP contribution in [0.25, 0.3) is 0 Å². The molecule has 0 saturated carbocycles. The van der Waals surface area contributed by atoms with Gasteiger partial charge in [0, 0.05) is 0 Å². The zero-order valence-corrected chi connectivity index (χ0v) is 43.4. The fraction of sp³-hybridized carbons (Fsp3) is 0. The molecular weight excluding hydrogens is 971 g/mol. The molecule has 10 rings (SSSR count). The van der Waals surface area contributed by atoms with E-state index < -0.39 is 31.7 Å². The van der Waals surface area contributed by atoms with Crippen molar-refractivity contribution in [3.8, 4) is 0 Å². The van der Waals surface area contributed by atoms with Crippen LogP contribution in [0.15, 0.2) is 291 Å². The van der Waals surface area contributed by atoms with Gasteiger partial charge in [-0.15, -0.1) is 0 Å². The minimum Gasteiger partial charge on any atom is -0.0620 e. The van der Waals surface area contributed by atoms with E-state index in [1.165, 1.54) is 63.7 Å². The Labute approximate surface area is 416 Å². The maximum Gasteiger partial charge on any atom is 0.144 e. The number of rotatable bonds is 12. The van der Waals surface area contributed by atoms with Crippen molar-refractivity contribution in [3.63, 3.8) is 0 Å². The number of hydrogen-bond acceptors (Lipinski definition) is 0. The molecule has 7 heteroatoms. The van der Waals surface area contributed by atoms with Gasteiger partial charge in [-0.05, 0) is 121 Å². The van der Waals surface area contributed by atoms with Crippen molar-refractivity contribution in [3.05, 3.63) is 291 Å². The molecule has 0 unspecified atom stereocenters. The van der Waals surface area contributed by atoms with Gasteiger partial charge in [-0.2, -0.15) is 0 Å². The van der Waals surface area contributed by atoms with Crippen molar-refractivity contribution >= 4 is 116 Å². The van der Waals surface area contributed by atoms with E-state index in [0.717, 1.165) is 0 Å². The molecule has 0 spiro atoms. The fourth-order valence-electron chi connectivity index (χ4n) is 8.59. The van der Waals surface area contributed by atoms with Crippen LogP contribution < -0.4 is 63.7 Å². The van der Waals surface area contributed by atoms with Gasteiger partial charge in [0.05, 0.1) is 0 Å². The maximum absolute atomic E-state index is 4.76. The molecule has 0 aliphatic rings. The standard InChI is InChI=1S/2C30H24P2.2ClH.Fe/c2*1-5-15-25(16-6-1)31(26-17-7-2-8-18-26)29-23-13-14-24-30(29)32(27-19-9-3-10-20-27)28-21-11-4-12-22-28;;;/h2*1-24H;2*1H;/q;;;;+2/p+2. The monoisotopic (exact) mass is 1020 g/mol. The third kappa shape index (κ3) is 12.8. The summed E-state index contributed by atoms with van der Waals surface area (Å²) in [5, 5.41) is 17.4. The van der Waals surface area contributed by atoms with Crippen LogP contribution in [0.5, 0.6) is 0 Å². The number of halogens is 2. The minimum absolute atomic E-state index is 0.194. The molecule has 0 atom stereocenters. The Morgan fingerprint density at radius 3 is 0.403 bits per heavy atom. The van der Waals surface area contributed by atoms with E-state index >= 15 is 0 Å². The molecule has 0 aromatic heterocycles. The van der Waals surface area contributed by atoms with Gasteiger partial charge in [0.1, 0.15) is 95.3 Å². The van der Waals surface area contributed by atoms with Gasteiger partial charge >= 0.3 is 33.3 Å². The van der Waals surface area contributed by atoms with E-state index in [9.17, 15) is 0 Å². The van der Waals surface area contributed by atoms with Gasteiger partial charge in [-0.25, -0.2) is 0 Å². The summed E-state index contributed by atoms with van der Waals surface area (Å²) < 4.78 is 0. The molecule has 0 nitrogen and oxygen atoms in total. The van der Waals surface area contributed by atoms with Gasteiger partial charge in [0.15, 0.2) is 0 Å². The average molecular weight is 1020 g/mol. The van der Waals surface area contributed by atoms with Crippen LogP contribution in [0.1, 0.15) is 0 Å². The van der Waals surface area contributed by atoms with E-state index in [1.807, 2.05) is 0 Å². The summed E-state index contributed by atoms with van der Waals surface area (Å²) in [6, 6.07) is 107. The predicted molar refractivity (Wildman–Crippen MR) is 305 cm³/mol. The van der Waals surface area contributed by atoms with Gasteiger partial charge in [0.25, 0.3) is 0 Å². The van der Waals surface area contributed by atoms with E-state index in [4.69, 9.17) is 20.2 Å². The van der Waals surface area contributed by atoms with E-state index in [1.54, 1.807) is 0 Å².